The molecule has 0 saturated carbocycles. The number of aromatic amines is 1. The standard InChI is InChI=1S/C19H19N5O6S3/c25-12(6-10-2-1-5-31-10)21-14-16(28)24-15(18(29)30)9(7-32-17(14)24)8-33-19-20-11(22-23-19)3-4-13(26)27/h1-2,5,14,17H,3-4,6-8H2,(H,21,25)(H,26,27)(H,29,30)(H,20,22,23)/t14?,17-/m0/s1. The molecule has 4 heterocycles. The SMILES string of the molecule is O=C(O)CCc1nc(SCC2=C(C(=O)O)N3C(=O)C(NC(=O)Cc4cccs4)[C@@H]3SC2)n[nH]1. The van der Waals surface area contributed by atoms with Gasteiger partial charge in [0.05, 0.1) is 12.8 Å². The first-order valence-corrected chi connectivity index (χ1v) is 12.7. The number of aromatic nitrogens is 3. The second kappa shape index (κ2) is 9.97. The Kier molecular flexibility index (Phi) is 7.05. The first kappa shape index (κ1) is 23.3. The van der Waals surface area contributed by atoms with E-state index in [2.05, 4.69) is 20.5 Å². The molecular formula is C19H19N5O6S3. The number of nitrogens with zero attached hydrogens (tertiary/aromatic N) is 3. The molecule has 1 unspecified atom stereocenters. The van der Waals surface area contributed by atoms with Crippen LogP contribution in [0, 0.1) is 0 Å². The highest BCUT2D eigenvalue weighted by Crippen LogP contribution is 2.41. The number of carboxylic acid groups (broad SMARTS) is 2. The summed E-state index contributed by atoms with van der Waals surface area (Å²) in [4.78, 5) is 54.0. The fourth-order valence-corrected chi connectivity index (χ4v) is 6.43. The number of β-lactam (4-membered cyclic amide) rings is 1. The van der Waals surface area contributed by atoms with E-state index >= 15 is 0 Å². The first-order chi connectivity index (χ1) is 15.8. The molecule has 174 valence electrons. The van der Waals surface area contributed by atoms with Crippen LogP contribution in [-0.4, -0.2) is 77.0 Å². The number of carbonyl (C=O) groups excluding carboxylic acids is 2. The Morgan fingerprint density at radius 3 is 2.85 bits per heavy atom. The van der Waals surface area contributed by atoms with Crippen LogP contribution in [-0.2, 0) is 32.0 Å². The average Bonchev–Trinajstić information content (AvgIpc) is 3.45. The van der Waals surface area contributed by atoms with Crippen molar-refractivity contribution in [2.75, 3.05) is 11.5 Å². The number of rotatable bonds is 10. The molecule has 1 saturated heterocycles. The maximum atomic E-state index is 12.7. The number of carbonyl (C=O) groups is 4. The van der Waals surface area contributed by atoms with Gasteiger partial charge in [-0.15, -0.1) is 28.2 Å². The van der Waals surface area contributed by atoms with E-state index in [9.17, 15) is 24.3 Å². The fourth-order valence-electron chi connectivity index (χ4n) is 3.42. The lowest BCUT2D eigenvalue weighted by Gasteiger charge is -2.49. The first-order valence-electron chi connectivity index (χ1n) is 9.81. The largest absolute Gasteiger partial charge is 0.481 e. The Hall–Kier alpha value is -2.84. The second-order valence-electron chi connectivity index (χ2n) is 7.22. The molecule has 0 radical (unpaired) electrons. The third-order valence-corrected chi connectivity index (χ3v) is 8.09. The lowest BCUT2D eigenvalue weighted by molar-refractivity contribution is -0.150. The monoisotopic (exact) mass is 509 g/mol. The minimum atomic E-state index is -1.20. The number of thiophene rings is 1. The van der Waals surface area contributed by atoms with Crippen LogP contribution < -0.4 is 5.32 Å². The van der Waals surface area contributed by atoms with E-state index in [1.54, 1.807) is 0 Å². The van der Waals surface area contributed by atoms with Crippen LogP contribution in [0.5, 0.6) is 0 Å². The van der Waals surface area contributed by atoms with Crippen molar-refractivity contribution in [2.45, 2.75) is 35.8 Å². The summed E-state index contributed by atoms with van der Waals surface area (Å²) in [7, 11) is 0. The molecule has 4 rings (SSSR count). The van der Waals surface area contributed by atoms with Gasteiger partial charge in [0.15, 0.2) is 0 Å². The topological polar surface area (TPSA) is 166 Å². The maximum absolute atomic E-state index is 12.7. The quantitative estimate of drug-likeness (QED) is 0.268. The Balaban J connectivity index is 1.39. The number of thioether (sulfide) groups is 2. The Morgan fingerprint density at radius 2 is 2.15 bits per heavy atom. The summed E-state index contributed by atoms with van der Waals surface area (Å²) in [5, 5.41) is 29.7. The summed E-state index contributed by atoms with van der Waals surface area (Å²) >= 11 is 4.06. The van der Waals surface area contributed by atoms with Crippen molar-refractivity contribution in [2.24, 2.45) is 0 Å². The normalized spacial score (nSPS) is 19.8. The van der Waals surface area contributed by atoms with Crippen LogP contribution in [0.4, 0.5) is 0 Å². The van der Waals surface area contributed by atoms with Gasteiger partial charge in [-0.1, -0.05) is 17.8 Å². The number of aryl methyl sites for hydroxylation is 1. The summed E-state index contributed by atoms with van der Waals surface area (Å²) in [5.41, 5.74) is 0.490. The molecule has 2 aromatic heterocycles. The molecule has 11 nitrogen and oxygen atoms in total. The third-order valence-electron chi connectivity index (χ3n) is 4.94. The zero-order chi connectivity index (χ0) is 23.5. The molecule has 2 atom stereocenters. The predicted molar refractivity (Wildman–Crippen MR) is 121 cm³/mol. The lowest BCUT2D eigenvalue weighted by atomic mass is 10.0. The molecule has 0 spiro atoms. The van der Waals surface area contributed by atoms with Gasteiger partial charge in [0.1, 0.15) is 22.9 Å². The smallest absolute Gasteiger partial charge is 0.352 e. The Labute approximate surface area is 200 Å². The highest BCUT2D eigenvalue weighted by molar-refractivity contribution is 8.01. The molecule has 2 amide bonds. The number of fused-ring (bicyclic) bond motifs is 1. The van der Waals surface area contributed by atoms with Crippen LogP contribution in [0.1, 0.15) is 17.1 Å². The zero-order valence-electron chi connectivity index (χ0n) is 17.0. The number of hydrogen-bond donors (Lipinski definition) is 4. The van der Waals surface area contributed by atoms with E-state index in [1.807, 2.05) is 17.5 Å². The molecular weight excluding hydrogens is 490 g/mol. The summed E-state index contributed by atoms with van der Waals surface area (Å²) in [6.07, 6.45) is 0.312. The minimum Gasteiger partial charge on any atom is -0.481 e. The zero-order valence-corrected chi connectivity index (χ0v) is 19.5. The number of aliphatic carboxylic acids is 2. The third kappa shape index (κ3) is 5.23. The molecule has 14 heteroatoms. The van der Waals surface area contributed by atoms with Gasteiger partial charge in [-0.05, 0) is 17.0 Å². The van der Waals surface area contributed by atoms with Crippen LogP contribution in [0.2, 0.25) is 0 Å². The van der Waals surface area contributed by atoms with Crippen molar-refractivity contribution in [3.8, 4) is 0 Å². The average molecular weight is 510 g/mol. The summed E-state index contributed by atoms with van der Waals surface area (Å²) in [5.74, 6) is -1.78. The lowest BCUT2D eigenvalue weighted by Crippen LogP contribution is -2.70. The van der Waals surface area contributed by atoms with E-state index < -0.39 is 29.3 Å². The van der Waals surface area contributed by atoms with E-state index in [0.29, 0.717) is 22.3 Å². The molecule has 2 aliphatic heterocycles. The summed E-state index contributed by atoms with van der Waals surface area (Å²) < 4.78 is 0. The molecule has 2 aliphatic rings. The predicted octanol–water partition coefficient (Wildman–Crippen LogP) is 0.957. The minimum absolute atomic E-state index is 0.0679. The molecule has 0 aromatic carbocycles. The van der Waals surface area contributed by atoms with Crippen molar-refractivity contribution in [1.29, 1.82) is 0 Å². The van der Waals surface area contributed by atoms with Crippen molar-refractivity contribution in [3.63, 3.8) is 0 Å². The maximum Gasteiger partial charge on any atom is 0.352 e. The summed E-state index contributed by atoms with van der Waals surface area (Å²) in [6, 6.07) is 2.93. The van der Waals surface area contributed by atoms with Crippen LogP contribution in [0.25, 0.3) is 0 Å². The number of nitrogens with one attached hydrogen (secondary N) is 2. The van der Waals surface area contributed by atoms with Gasteiger partial charge in [0.25, 0.3) is 5.91 Å². The second-order valence-corrected chi connectivity index (χ2v) is 10.3. The number of hydrogen-bond acceptors (Lipinski definition) is 9. The van der Waals surface area contributed by atoms with E-state index in [0.717, 1.165) is 4.88 Å². The summed E-state index contributed by atoms with van der Waals surface area (Å²) in [6.45, 7) is 0. The Morgan fingerprint density at radius 1 is 1.33 bits per heavy atom. The highest BCUT2D eigenvalue weighted by Gasteiger charge is 2.54. The molecule has 0 bridgehead atoms. The van der Waals surface area contributed by atoms with Gasteiger partial charge >= 0.3 is 11.9 Å². The number of carboxylic acids is 2. The van der Waals surface area contributed by atoms with Crippen LogP contribution in [0.3, 0.4) is 0 Å². The van der Waals surface area contributed by atoms with E-state index in [4.69, 9.17) is 5.11 Å². The van der Waals surface area contributed by atoms with Gasteiger partial charge in [0.2, 0.25) is 11.1 Å². The molecule has 1 fully saturated rings. The van der Waals surface area contributed by atoms with Crippen molar-refractivity contribution < 1.29 is 29.4 Å². The Bertz CT molecular complexity index is 1120. The number of H-pyrrole nitrogens is 1. The molecule has 33 heavy (non-hydrogen) atoms. The van der Waals surface area contributed by atoms with Gasteiger partial charge in [-0.25, -0.2) is 9.78 Å². The van der Waals surface area contributed by atoms with E-state index in [1.165, 1.54) is 39.8 Å². The number of amides is 2. The van der Waals surface area contributed by atoms with Gasteiger partial charge in [-0.3, -0.25) is 24.4 Å². The highest BCUT2D eigenvalue weighted by atomic mass is 32.2. The molecule has 2 aromatic rings. The van der Waals surface area contributed by atoms with Gasteiger partial charge in [0, 0.05) is 22.8 Å². The van der Waals surface area contributed by atoms with Crippen molar-refractivity contribution >= 4 is 58.6 Å². The van der Waals surface area contributed by atoms with Crippen molar-refractivity contribution in [3.05, 3.63) is 39.5 Å². The van der Waals surface area contributed by atoms with Crippen molar-refractivity contribution in [1.82, 2.24) is 25.4 Å². The fraction of sp³-hybridized carbons (Fsp3) is 0.368. The van der Waals surface area contributed by atoms with Crippen LogP contribution >= 0.6 is 34.9 Å². The molecule has 0 aliphatic carbocycles. The molecule has 4 N–H and O–H groups in total. The van der Waals surface area contributed by atoms with Gasteiger partial charge in [-0.2, -0.15) is 0 Å². The van der Waals surface area contributed by atoms with Gasteiger partial charge < -0.3 is 15.5 Å². The van der Waals surface area contributed by atoms with E-state index in [-0.39, 0.29) is 36.6 Å². The van der Waals surface area contributed by atoms with Crippen LogP contribution in [0.15, 0.2) is 33.9 Å².